The predicted octanol–water partition coefficient (Wildman–Crippen LogP) is 0.417. The van der Waals surface area contributed by atoms with Crippen molar-refractivity contribution in [3.05, 3.63) is 29.8 Å². The molecule has 1 heterocycles. The van der Waals surface area contributed by atoms with Gasteiger partial charge in [-0.1, -0.05) is 0 Å². The molecule has 7 heteroatoms. The number of nitrogens with zero attached hydrogens (tertiary/aromatic N) is 2. The minimum atomic E-state index is -2.92. The van der Waals surface area contributed by atoms with Crippen LogP contribution in [0.4, 0.5) is 0 Å². The van der Waals surface area contributed by atoms with Gasteiger partial charge < -0.3 is 9.84 Å². The van der Waals surface area contributed by atoms with E-state index in [1.165, 1.54) is 0 Å². The van der Waals surface area contributed by atoms with Gasteiger partial charge in [0.05, 0.1) is 23.1 Å². The molecule has 0 radical (unpaired) electrons. The average molecular weight is 324 g/mol. The number of hydrogen-bond donors (Lipinski definition) is 1. The molecule has 2 unspecified atom stereocenters. The molecule has 0 aliphatic carbocycles. The number of likely N-dealkylation sites (N-methyl/N-ethyl adjacent to an activating group) is 1. The van der Waals surface area contributed by atoms with Crippen LogP contribution >= 0.6 is 0 Å². The highest BCUT2D eigenvalue weighted by atomic mass is 32.2. The minimum absolute atomic E-state index is 0.0328. The molecule has 0 spiro atoms. The Balaban J connectivity index is 1.77. The molecule has 2 rings (SSSR count). The summed E-state index contributed by atoms with van der Waals surface area (Å²) < 4.78 is 28.4. The van der Waals surface area contributed by atoms with Crippen molar-refractivity contribution < 1.29 is 18.3 Å². The second kappa shape index (κ2) is 7.09. The molecule has 1 aliphatic rings. The molecule has 6 nitrogen and oxygen atoms in total. The smallest absolute Gasteiger partial charge is 0.151 e. The van der Waals surface area contributed by atoms with Crippen LogP contribution in [0.15, 0.2) is 24.3 Å². The fourth-order valence-corrected chi connectivity index (χ4v) is 4.28. The van der Waals surface area contributed by atoms with Crippen molar-refractivity contribution >= 4 is 9.84 Å². The summed E-state index contributed by atoms with van der Waals surface area (Å²) in [4.78, 5) is 1.87. The van der Waals surface area contributed by atoms with Crippen molar-refractivity contribution in [3.63, 3.8) is 0 Å². The van der Waals surface area contributed by atoms with Gasteiger partial charge in [-0.05, 0) is 37.7 Å². The van der Waals surface area contributed by atoms with Crippen LogP contribution in [-0.4, -0.2) is 62.3 Å². The summed E-state index contributed by atoms with van der Waals surface area (Å²) in [6.07, 6.45) is -0.0916. The molecule has 1 saturated heterocycles. The summed E-state index contributed by atoms with van der Waals surface area (Å²) in [5.74, 6) is 0.969. The van der Waals surface area contributed by atoms with Crippen LogP contribution in [0.2, 0.25) is 0 Å². The molecule has 1 aromatic carbocycles. The number of sulfone groups is 1. The largest absolute Gasteiger partial charge is 0.491 e. The van der Waals surface area contributed by atoms with E-state index in [0.29, 0.717) is 24.3 Å². The molecule has 0 saturated carbocycles. The molecule has 1 fully saturated rings. The van der Waals surface area contributed by atoms with Crippen molar-refractivity contribution in [3.8, 4) is 11.8 Å². The number of rotatable bonds is 6. The number of benzene rings is 1. The first kappa shape index (κ1) is 16.7. The Bertz CT molecular complexity index is 637. The number of aliphatic hydroxyl groups is 1. The lowest BCUT2D eigenvalue weighted by molar-refractivity contribution is 0.0664. The summed E-state index contributed by atoms with van der Waals surface area (Å²) in [6.45, 7) is 0.478. The van der Waals surface area contributed by atoms with Gasteiger partial charge >= 0.3 is 0 Å². The van der Waals surface area contributed by atoms with E-state index in [-0.39, 0.29) is 24.2 Å². The van der Waals surface area contributed by atoms with Gasteiger partial charge in [-0.25, -0.2) is 8.42 Å². The Kier molecular flexibility index (Phi) is 5.40. The summed E-state index contributed by atoms with van der Waals surface area (Å²) in [7, 11) is -1.10. The topological polar surface area (TPSA) is 90.6 Å². The molecular formula is C15H20N2O4S. The highest BCUT2D eigenvalue weighted by Gasteiger charge is 2.31. The van der Waals surface area contributed by atoms with E-state index in [4.69, 9.17) is 10.00 Å². The van der Waals surface area contributed by atoms with Crippen LogP contribution < -0.4 is 4.74 Å². The number of hydrogen-bond acceptors (Lipinski definition) is 6. The summed E-state index contributed by atoms with van der Waals surface area (Å²) in [5, 5.41) is 18.7. The van der Waals surface area contributed by atoms with Gasteiger partial charge in [0, 0.05) is 12.6 Å². The molecule has 2 atom stereocenters. The zero-order valence-electron chi connectivity index (χ0n) is 12.5. The van der Waals surface area contributed by atoms with Crippen LogP contribution in [0.25, 0.3) is 0 Å². The van der Waals surface area contributed by atoms with E-state index in [1.54, 1.807) is 24.3 Å². The maximum absolute atomic E-state index is 11.5. The Labute approximate surface area is 130 Å². The van der Waals surface area contributed by atoms with Crippen LogP contribution in [0.5, 0.6) is 5.75 Å². The fraction of sp³-hybridized carbons (Fsp3) is 0.533. The van der Waals surface area contributed by atoms with Gasteiger partial charge in [0.15, 0.2) is 9.84 Å². The Hall–Kier alpha value is -1.62. The first-order chi connectivity index (χ1) is 10.4. The van der Waals surface area contributed by atoms with E-state index in [1.807, 2.05) is 18.0 Å². The van der Waals surface area contributed by atoms with Crippen LogP contribution in [0, 0.1) is 11.3 Å². The minimum Gasteiger partial charge on any atom is -0.491 e. The standard InChI is InChI=1S/C15H20N2O4S/c1-17(13-6-7-22(19,20)11-13)9-14(18)10-21-15-4-2-12(8-16)3-5-15/h2-5,13-14,18H,6-7,9-11H2,1H3. The van der Waals surface area contributed by atoms with E-state index < -0.39 is 15.9 Å². The predicted molar refractivity (Wildman–Crippen MR) is 82.3 cm³/mol. The molecule has 22 heavy (non-hydrogen) atoms. The second-order valence-electron chi connectivity index (χ2n) is 5.60. The highest BCUT2D eigenvalue weighted by molar-refractivity contribution is 7.91. The normalized spacial score (nSPS) is 21.5. The third-order valence-corrected chi connectivity index (χ3v) is 5.51. The van der Waals surface area contributed by atoms with E-state index in [9.17, 15) is 13.5 Å². The summed E-state index contributed by atoms with van der Waals surface area (Å²) >= 11 is 0. The average Bonchev–Trinajstić information content (AvgIpc) is 2.86. The van der Waals surface area contributed by atoms with Crippen LogP contribution in [0.3, 0.4) is 0 Å². The Morgan fingerprint density at radius 2 is 2.14 bits per heavy atom. The molecule has 120 valence electrons. The molecule has 1 aliphatic heterocycles. The van der Waals surface area contributed by atoms with Gasteiger partial charge in [0.25, 0.3) is 0 Å². The lowest BCUT2D eigenvalue weighted by atomic mass is 10.2. The maximum Gasteiger partial charge on any atom is 0.151 e. The van der Waals surface area contributed by atoms with Crippen molar-refractivity contribution in [1.82, 2.24) is 4.90 Å². The first-order valence-corrected chi connectivity index (χ1v) is 8.93. The molecule has 0 bridgehead atoms. The lowest BCUT2D eigenvalue weighted by Crippen LogP contribution is -2.40. The molecule has 1 N–H and O–H groups in total. The second-order valence-corrected chi connectivity index (χ2v) is 7.83. The number of nitriles is 1. The fourth-order valence-electron chi connectivity index (χ4n) is 2.48. The third-order valence-electron chi connectivity index (χ3n) is 3.76. The van der Waals surface area contributed by atoms with Crippen molar-refractivity contribution in [2.45, 2.75) is 18.6 Å². The first-order valence-electron chi connectivity index (χ1n) is 7.11. The quantitative estimate of drug-likeness (QED) is 0.815. The van der Waals surface area contributed by atoms with Gasteiger partial charge in [0.1, 0.15) is 18.5 Å². The van der Waals surface area contributed by atoms with E-state index in [2.05, 4.69) is 0 Å². The monoisotopic (exact) mass is 324 g/mol. The SMILES string of the molecule is CN(CC(O)COc1ccc(C#N)cc1)C1CCS(=O)(=O)C1. The zero-order chi connectivity index (χ0) is 16.2. The summed E-state index contributed by atoms with van der Waals surface area (Å²) in [5.41, 5.74) is 0.551. The van der Waals surface area contributed by atoms with Crippen LogP contribution in [0.1, 0.15) is 12.0 Å². The van der Waals surface area contributed by atoms with Crippen molar-refractivity contribution in [1.29, 1.82) is 5.26 Å². The molecule has 1 aromatic rings. The third kappa shape index (κ3) is 4.70. The number of ether oxygens (including phenoxy) is 1. The molecular weight excluding hydrogens is 304 g/mol. The zero-order valence-corrected chi connectivity index (χ0v) is 13.3. The van der Waals surface area contributed by atoms with Gasteiger partial charge in [0.2, 0.25) is 0 Å². The van der Waals surface area contributed by atoms with Crippen molar-refractivity contribution in [2.24, 2.45) is 0 Å². The Morgan fingerprint density at radius 3 is 2.68 bits per heavy atom. The van der Waals surface area contributed by atoms with Gasteiger partial charge in [-0.15, -0.1) is 0 Å². The maximum atomic E-state index is 11.5. The number of aliphatic hydroxyl groups excluding tert-OH is 1. The van der Waals surface area contributed by atoms with Gasteiger partial charge in [-0.2, -0.15) is 5.26 Å². The van der Waals surface area contributed by atoms with Gasteiger partial charge in [-0.3, -0.25) is 4.90 Å². The van der Waals surface area contributed by atoms with Crippen molar-refractivity contribution in [2.75, 3.05) is 31.7 Å². The van der Waals surface area contributed by atoms with E-state index >= 15 is 0 Å². The van der Waals surface area contributed by atoms with Crippen LogP contribution in [-0.2, 0) is 9.84 Å². The van der Waals surface area contributed by atoms with E-state index in [0.717, 1.165) is 0 Å². The highest BCUT2D eigenvalue weighted by Crippen LogP contribution is 2.17. The molecule has 0 aromatic heterocycles. The lowest BCUT2D eigenvalue weighted by Gasteiger charge is -2.25. The molecule has 0 amide bonds. The summed E-state index contributed by atoms with van der Waals surface area (Å²) in [6, 6.07) is 8.65. The Morgan fingerprint density at radius 1 is 1.45 bits per heavy atom.